The van der Waals surface area contributed by atoms with Crippen LogP contribution in [0, 0.1) is 0 Å². The second-order valence-corrected chi connectivity index (χ2v) is 2.79. The fourth-order valence-corrected chi connectivity index (χ4v) is 0.702. The Morgan fingerprint density at radius 3 is 2.64 bits per heavy atom. The van der Waals surface area contributed by atoms with Gasteiger partial charge in [0, 0.05) is 0 Å². The second kappa shape index (κ2) is 8.32. The Hall–Kier alpha value is -1.28. The van der Waals surface area contributed by atoms with Crippen molar-refractivity contribution in [3.8, 4) is 0 Å². The largest absolute Gasteiger partial charge is 0.508 e. The normalized spacial score (nSPS) is 12.9. The molecule has 0 aromatic heterocycles. The third-order valence-corrected chi connectivity index (χ3v) is 1.52. The van der Waals surface area contributed by atoms with Crippen LogP contribution in [0.15, 0.2) is 48.3 Å². The molecule has 2 nitrogen and oxygen atoms in total. The van der Waals surface area contributed by atoms with Crippen molar-refractivity contribution >= 4 is 0 Å². The van der Waals surface area contributed by atoms with Gasteiger partial charge in [0.15, 0.2) is 0 Å². The van der Waals surface area contributed by atoms with Gasteiger partial charge in [0.05, 0.1) is 13.2 Å². The molecule has 78 valence electrons. The first kappa shape index (κ1) is 12.7. The Morgan fingerprint density at radius 2 is 2.07 bits per heavy atom. The van der Waals surface area contributed by atoms with E-state index in [1.165, 1.54) is 0 Å². The van der Waals surface area contributed by atoms with Gasteiger partial charge in [-0.3, -0.25) is 0 Å². The Labute approximate surface area is 85.9 Å². The number of aliphatic hydroxyl groups excluding tert-OH is 1. The summed E-state index contributed by atoms with van der Waals surface area (Å²) in [5.74, 6) is 0.236. The van der Waals surface area contributed by atoms with Gasteiger partial charge < -0.3 is 9.84 Å². The SMILES string of the molecule is C=C(/C=C\C(O)=C/C)COC/C=C\C. The van der Waals surface area contributed by atoms with E-state index in [9.17, 15) is 0 Å². The predicted molar refractivity (Wildman–Crippen MR) is 60.3 cm³/mol. The number of hydrogen-bond donors (Lipinski definition) is 1. The molecule has 0 heterocycles. The average Bonchev–Trinajstić information content (AvgIpc) is 2.21. The predicted octanol–water partition coefficient (Wildman–Crippen LogP) is 3.15. The summed E-state index contributed by atoms with van der Waals surface area (Å²) < 4.78 is 5.26. The van der Waals surface area contributed by atoms with Crippen LogP contribution in [0.25, 0.3) is 0 Å². The number of hydrogen-bond acceptors (Lipinski definition) is 2. The Kier molecular flexibility index (Phi) is 7.56. The maximum absolute atomic E-state index is 9.10. The van der Waals surface area contributed by atoms with Crippen molar-refractivity contribution in [1.29, 1.82) is 0 Å². The van der Waals surface area contributed by atoms with Gasteiger partial charge in [-0.05, 0) is 31.6 Å². The number of allylic oxidation sites excluding steroid dienone is 3. The second-order valence-electron chi connectivity index (χ2n) is 2.79. The third kappa shape index (κ3) is 7.37. The Bertz CT molecular complexity index is 247. The molecule has 0 bridgehead atoms. The summed E-state index contributed by atoms with van der Waals surface area (Å²) in [5.41, 5.74) is 0.836. The summed E-state index contributed by atoms with van der Waals surface area (Å²) in [6, 6.07) is 0. The number of aliphatic hydroxyl groups is 1. The van der Waals surface area contributed by atoms with Gasteiger partial charge in [-0.15, -0.1) is 0 Å². The topological polar surface area (TPSA) is 29.5 Å². The van der Waals surface area contributed by atoms with Crippen LogP contribution < -0.4 is 0 Å². The summed E-state index contributed by atoms with van der Waals surface area (Å²) >= 11 is 0. The molecule has 0 spiro atoms. The quantitative estimate of drug-likeness (QED) is 0.304. The first-order valence-electron chi connectivity index (χ1n) is 4.60. The van der Waals surface area contributed by atoms with Crippen molar-refractivity contribution in [1.82, 2.24) is 0 Å². The monoisotopic (exact) mass is 194 g/mol. The zero-order valence-electron chi connectivity index (χ0n) is 8.86. The van der Waals surface area contributed by atoms with Crippen LogP contribution in [0.2, 0.25) is 0 Å². The fourth-order valence-electron chi connectivity index (χ4n) is 0.702. The minimum Gasteiger partial charge on any atom is -0.508 e. The lowest BCUT2D eigenvalue weighted by atomic mass is 10.3. The average molecular weight is 194 g/mol. The minimum atomic E-state index is 0.236. The molecule has 0 aliphatic rings. The van der Waals surface area contributed by atoms with E-state index in [0.717, 1.165) is 5.57 Å². The van der Waals surface area contributed by atoms with Gasteiger partial charge in [0.1, 0.15) is 5.76 Å². The molecule has 0 atom stereocenters. The van der Waals surface area contributed by atoms with Gasteiger partial charge in [0.25, 0.3) is 0 Å². The van der Waals surface area contributed by atoms with Crippen LogP contribution in [-0.4, -0.2) is 18.3 Å². The van der Waals surface area contributed by atoms with Crippen LogP contribution in [-0.2, 0) is 4.74 Å². The van der Waals surface area contributed by atoms with Crippen LogP contribution in [0.3, 0.4) is 0 Å². The summed E-state index contributed by atoms with van der Waals surface area (Å²) in [6.45, 7) is 8.58. The highest BCUT2D eigenvalue weighted by Crippen LogP contribution is 1.98. The van der Waals surface area contributed by atoms with Gasteiger partial charge in [-0.1, -0.05) is 24.8 Å². The molecular formula is C12H18O2. The van der Waals surface area contributed by atoms with E-state index in [1.54, 1.807) is 25.2 Å². The fraction of sp³-hybridized carbons (Fsp3) is 0.333. The maximum Gasteiger partial charge on any atom is 0.111 e. The number of ether oxygens (including phenoxy) is 1. The van der Waals surface area contributed by atoms with Crippen molar-refractivity contribution in [2.45, 2.75) is 13.8 Å². The summed E-state index contributed by atoms with van der Waals surface area (Å²) in [4.78, 5) is 0. The first-order chi connectivity index (χ1) is 6.70. The molecule has 0 radical (unpaired) electrons. The Morgan fingerprint density at radius 1 is 1.36 bits per heavy atom. The molecule has 14 heavy (non-hydrogen) atoms. The summed E-state index contributed by atoms with van der Waals surface area (Å²) in [6.07, 6.45) is 8.82. The Balaban J connectivity index is 3.71. The smallest absolute Gasteiger partial charge is 0.111 e. The summed E-state index contributed by atoms with van der Waals surface area (Å²) in [7, 11) is 0. The molecule has 0 aromatic rings. The molecule has 0 aliphatic heterocycles. The van der Waals surface area contributed by atoms with Crippen molar-refractivity contribution in [3.63, 3.8) is 0 Å². The van der Waals surface area contributed by atoms with E-state index in [0.29, 0.717) is 13.2 Å². The van der Waals surface area contributed by atoms with Crippen LogP contribution in [0.4, 0.5) is 0 Å². The highest BCUT2D eigenvalue weighted by molar-refractivity contribution is 5.22. The molecule has 0 amide bonds. The van der Waals surface area contributed by atoms with Gasteiger partial charge in [-0.2, -0.15) is 0 Å². The van der Waals surface area contributed by atoms with Crippen molar-refractivity contribution < 1.29 is 9.84 Å². The highest BCUT2D eigenvalue weighted by Gasteiger charge is 1.88. The van der Waals surface area contributed by atoms with Gasteiger partial charge >= 0.3 is 0 Å². The molecule has 0 fully saturated rings. The van der Waals surface area contributed by atoms with Crippen molar-refractivity contribution in [3.05, 3.63) is 48.3 Å². The van der Waals surface area contributed by atoms with Crippen molar-refractivity contribution in [2.24, 2.45) is 0 Å². The standard InChI is InChI=1S/C12H18O2/c1-4-6-9-14-10-11(3)7-8-12(13)5-2/h4-8,13H,3,9-10H2,1-2H3/b6-4-,8-7-,12-5+. The lowest BCUT2D eigenvalue weighted by Gasteiger charge is -1.99. The first-order valence-corrected chi connectivity index (χ1v) is 4.60. The van der Waals surface area contributed by atoms with Crippen LogP contribution in [0.5, 0.6) is 0 Å². The van der Waals surface area contributed by atoms with E-state index in [-0.39, 0.29) is 5.76 Å². The molecule has 0 saturated carbocycles. The van der Waals surface area contributed by atoms with Gasteiger partial charge in [-0.25, -0.2) is 0 Å². The van der Waals surface area contributed by atoms with E-state index >= 15 is 0 Å². The number of rotatable bonds is 6. The van der Waals surface area contributed by atoms with Crippen LogP contribution >= 0.6 is 0 Å². The molecule has 0 aromatic carbocycles. The highest BCUT2D eigenvalue weighted by atomic mass is 16.5. The van der Waals surface area contributed by atoms with E-state index < -0.39 is 0 Å². The lowest BCUT2D eigenvalue weighted by molar-refractivity contribution is 0.189. The van der Waals surface area contributed by atoms with E-state index in [4.69, 9.17) is 9.84 Å². The molecular weight excluding hydrogens is 176 g/mol. The molecule has 0 aliphatic carbocycles. The molecule has 1 N–H and O–H groups in total. The molecule has 0 saturated heterocycles. The van der Waals surface area contributed by atoms with Gasteiger partial charge in [0.2, 0.25) is 0 Å². The zero-order valence-corrected chi connectivity index (χ0v) is 8.86. The molecule has 0 rings (SSSR count). The van der Waals surface area contributed by atoms with Crippen LogP contribution in [0.1, 0.15) is 13.8 Å². The third-order valence-electron chi connectivity index (χ3n) is 1.52. The zero-order chi connectivity index (χ0) is 10.8. The van der Waals surface area contributed by atoms with Crippen molar-refractivity contribution in [2.75, 3.05) is 13.2 Å². The van der Waals surface area contributed by atoms with E-state index in [2.05, 4.69) is 6.58 Å². The van der Waals surface area contributed by atoms with E-state index in [1.807, 2.05) is 19.1 Å². The lowest BCUT2D eigenvalue weighted by Crippen LogP contribution is -1.95. The maximum atomic E-state index is 9.10. The minimum absolute atomic E-state index is 0.236. The summed E-state index contributed by atoms with van der Waals surface area (Å²) in [5, 5.41) is 9.10. The molecule has 2 heteroatoms. The molecule has 0 unspecified atom stereocenters.